The zero-order valence-corrected chi connectivity index (χ0v) is 9.90. The fourth-order valence-corrected chi connectivity index (χ4v) is 1.66. The predicted octanol–water partition coefficient (Wildman–Crippen LogP) is 2.82. The minimum atomic E-state index is -0.101. The fraction of sp³-hybridized carbons (Fsp3) is 0.385. The van der Waals surface area contributed by atoms with Crippen molar-refractivity contribution in [2.45, 2.75) is 25.8 Å². The highest BCUT2D eigenvalue weighted by atomic mass is 16.5. The Morgan fingerprint density at radius 2 is 2.25 bits per heavy atom. The SMILES string of the molecule is C=C(OCC)C(=C)C(c1ccco1)C(C)N. The third-order valence-corrected chi connectivity index (χ3v) is 2.43. The molecule has 0 saturated heterocycles. The van der Waals surface area contributed by atoms with E-state index in [4.69, 9.17) is 14.9 Å². The lowest BCUT2D eigenvalue weighted by atomic mass is 9.90. The molecule has 16 heavy (non-hydrogen) atoms. The summed E-state index contributed by atoms with van der Waals surface area (Å²) in [7, 11) is 0. The van der Waals surface area contributed by atoms with Crippen LogP contribution in [0.1, 0.15) is 25.5 Å². The van der Waals surface area contributed by atoms with Crippen molar-refractivity contribution in [3.63, 3.8) is 0 Å². The molecule has 0 radical (unpaired) electrons. The van der Waals surface area contributed by atoms with Gasteiger partial charge in [0.1, 0.15) is 11.5 Å². The Kier molecular flexibility index (Phi) is 4.38. The van der Waals surface area contributed by atoms with Gasteiger partial charge in [0.15, 0.2) is 0 Å². The zero-order chi connectivity index (χ0) is 12.1. The molecule has 0 fully saturated rings. The second-order valence-electron chi connectivity index (χ2n) is 3.73. The summed E-state index contributed by atoms with van der Waals surface area (Å²) < 4.78 is 10.7. The molecule has 1 aromatic rings. The van der Waals surface area contributed by atoms with Crippen LogP contribution in [0.3, 0.4) is 0 Å². The Morgan fingerprint density at radius 1 is 1.56 bits per heavy atom. The predicted molar refractivity (Wildman–Crippen MR) is 65.0 cm³/mol. The van der Waals surface area contributed by atoms with Crippen LogP contribution in [0.15, 0.2) is 47.3 Å². The van der Waals surface area contributed by atoms with Crippen LogP contribution in [0.25, 0.3) is 0 Å². The molecule has 0 aliphatic carbocycles. The summed E-state index contributed by atoms with van der Waals surface area (Å²) in [6.07, 6.45) is 1.63. The minimum absolute atomic E-state index is 0.0888. The molecular formula is C13H19NO2. The van der Waals surface area contributed by atoms with Gasteiger partial charge in [0.2, 0.25) is 0 Å². The van der Waals surface area contributed by atoms with E-state index in [1.165, 1.54) is 0 Å². The first-order chi connectivity index (χ1) is 7.57. The lowest BCUT2D eigenvalue weighted by Crippen LogP contribution is -2.26. The molecule has 88 valence electrons. The van der Waals surface area contributed by atoms with E-state index < -0.39 is 0 Å². The van der Waals surface area contributed by atoms with Gasteiger partial charge in [0.25, 0.3) is 0 Å². The molecule has 3 nitrogen and oxygen atoms in total. The molecule has 2 atom stereocenters. The van der Waals surface area contributed by atoms with Gasteiger partial charge in [-0.1, -0.05) is 13.2 Å². The second kappa shape index (κ2) is 5.56. The van der Waals surface area contributed by atoms with E-state index in [-0.39, 0.29) is 12.0 Å². The zero-order valence-electron chi connectivity index (χ0n) is 9.90. The number of hydrogen-bond donors (Lipinski definition) is 1. The van der Waals surface area contributed by atoms with Crippen LogP contribution >= 0.6 is 0 Å². The van der Waals surface area contributed by atoms with Crippen molar-refractivity contribution >= 4 is 0 Å². The van der Waals surface area contributed by atoms with Crippen LogP contribution in [-0.4, -0.2) is 12.6 Å². The normalized spacial score (nSPS) is 14.2. The summed E-state index contributed by atoms with van der Waals surface area (Å²) in [5.74, 6) is 1.27. The van der Waals surface area contributed by atoms with Crippen molar-refractivity contribution in [3.05, 3.63) is 48.6 Å². The molecule has 1 rings (SSSR count). The second-order valence-corrected chi connectivity index (χ2v) is 3.73. The van der Waals surface area contributed by atoms with Gasteiger partial charge in [-0.3, -0.25) is 0 Å². The minimum Gasteiger partial charge on any atom is -0.494 e. The summed E-state index contributed by atoms with van der Waals surface area (Å²) >= 11 is 0. The summed E-state index contributed by atoms with van der Waals surface area (Å²) in [4.78, 5) is 0. The summed E-state index contributed by atoms with van der Waals surface area (Å²) in [5.41, 5.74) is 6.72. The average Bonchev–Trinajstić information content (AvgIpc) is 2.71. The van der Waals surface area contributed by atoms with Gasteiger partial charge >= 0.3 is 0 Å². The smallest absolute Gasteiger partial charge is 0.115 e. The molecule has 0 spiro atoms. The van der Waals surface area contributed by atoms with E-state index >= 15 is 0 Å². The summed E-state index contributed by atoms with van der Waals surface area (Å²) in [6.45, 7) is 12.2. The standard InChI is InChI=1S/C13H19NO2/c1-5-15-11(4)9(2)13(10(3)14)12-7-6-8-16-12/h6-8,10,13H,2,4-5,14H2,1,3H3. The molecule has 2 N–H and O–H groups in total. The third-order valence-electron chi connectivity index (χ3n) is 2.43. The Bertz CT molecular complexity index is 352. The molecule has 0 aliphatic rings. The third kappa shape index (κ3) is 2.76. The van der Waals surface area contributed by atoms with Gasteiger partial charge in [-0.2, -0.15) is 0 Å². The number of allylic oxidation sites excluding steroid dienone is 1. The molecule has 1 heterocycles. The van der Waals surface area contributed by atoms with E-state index in [0.717, 1.165) is 11.3 Å². The van der Waals surface area contributed by atoms with Gasteiger partial charge in [0.05, 0.1) is 18.8 Å². The first kappa shape index (κ1) is 12.6. The molecular weight excluding hydrogens is 202 g/mol. The van der Waals surface area contributed by atoms with Crippen LogP contribution in [0.5, 0.6) is 0 Å². The highest BCUT2D eigenvalue weighted by Gasteiger charge is 2.24. The Morgan fingerprint density at radius 3 is 2.69 bits per heavy atom. The Balaban J connectivity index is 2.87. The fourth-order valence-electron chi connectivity index (χ4n) is 1.66. The Labute approximate surface area is 96.6 Å². The summed E-state index contributed by atoms with van der Waals surface area (Å²) in [5, 5.41) is 0. The van der Waals surface area contributed by atoms with Crippen LogP contribution in [0.4, 0.5) is 0 Å². The van der Waals surface area contributed by atoms with E-state index in [9.17, 15) is 0 Å². The van der Waals surface area contributed by atoms with Gasteiger partial charge < -0.3 is 14.9 Å². The highest BCUT2D eigenvalue weighted by molar-refractivity contribution is 5.33. The largest absolute Gasteiger partial charge is 0.494 e. The van der Waals surface area contributed by atoms with Crippen LogP contribution < -0.4 is 5.73 Å². The maximum Gasteiger partial charge on any atom is 0.115 e. The van der Waals surface area contributed by atoms with Crippen molar-refractivity contribution < 1.29 is 9.15 Å². The number of nitrogens with two attached hydrogens (primary N) is 1. The van der Waals surface area contributed by atoms with E-state index in [1.54, 1.807) is 6.26 Å². The van der Waals surface area contributed by atoms with Crippen molar-refractivity contribution in [2.75, 3.05) is 6.61 Å². The first-order valence-electron chi connectivity index (χ1n) is 5.37. The number of hydrogen-bond acceptors (Lipinski definition) is 3. The molecule has 0 aliphatic heterocycles. The maximum atomic E-state index is 5.95. The van der Waals surface area contributed by atoms with Crippen molar-refractivity contribution in [1.29, 1.82) is 0 Å². The Hall–Kier alpha value is -1.48. The van der Waals surface area contributed by atoms with Crippen molar-refractivity contribution in [1.82, 2.24) is 0 Å². The summed E-state index contributed by atoms with van der Waals surface area (Å²) in [6, 6.07) is 3.62. The molecule has 0 amide bonds. The first-order valence-corrected chi connectivity index (χ1v) is 5.37. The van der Waals surface area contributed by atoms with Crippen molar-refractivity contribution in [3.8, 4) is 0 Å². The van der Waals surface area contributed by atoms with Gasteiger partial charge in [-0.05, 0) is 31.6 Å². The average molecular weight is 221 g/mol. The van der Waals surface area contributed by atoms with Crippen LogP contribution in [0.2, 0.25) is 0 Å². The molecule has 0 saturated carbocycles. The molecule has 3 heteroatoms. The monoisotopic (exact) mass is 221 g/mol. The van der Waals surface area contributed by atoms with Gasteiger partial charge in [0, 0.05) is 6.04 Å². The van der Waals surface area contributed by atoms with Gasteiger partial charge in [-0.25, -0.2) is 0 Å². The molecule has 1 aromatic heterocycles. The van der Waals surface area contributed by atoms with E-state index in [0.29, 0.717) is 12.4 Å². The topological polar surface area (TPSA) is 48.4 Å². The number of ether oxygens (including phenoxy) is 1. The van der Waals surface area contributed by atoms with Gasteiger partial charge in [-0.15, -0.1) is 0 Å². The molecule has 0 bridgehead atoms. The molecule has 2 unspecified atom stereocenters. The lowest BCUT2D eigenvalue weighted by molar-refractivity contribution is 0.233. The van der Waals surface area contributed by atoms with Crippen molar-refractivity contribution in [2.24, 2.45) is 5.73 Å². The highest BCUT2D eigenvalue weighted by Crippen LogP contribution is 2.30. The number of rotatable bonds is 6. The van der Waals surface area contributed by atoms with Crippen LogP contribution in [-0.2, 0) is 4.74 Å². The number of furan rings is 1. The lowest BCUT2D eigenvalue weighted by Gasteiger charge is -2.22. The quantitative estimate of drug-likeness (QED) is 0.593. The van der Waals surface area contributed by atoms with E-state index in [2.05, 4.69) is 13.2 Å². The van der Waals surface area contributed by atoms with E-state index in [1.807, 2.05) is 26.0 Å². The molecule has 0 aromatic carbocycles. The van der Waals surface area contributed by atoms with Crippen LogP contribution in [0, 0.1) is 0 Å². The maximum absolute atomic E-state index is 5.95.